The molecule has 22 heavy (non-hydrogen) atoms. The molecule has 0 aromatic carbocycles. The van der Waals surface area contributed by atoms with Crippen LogP contribution < -0.4 is 0 Å². The van der Waals surface area contributed by atoms with Gasteiger partial charge < -0.3 is 0 Å². The van der Waals surface area contributed by atoms with Crippen molar-refractivity contribution in [1.29, 1.82) is 0 Å². The van der Waals surface area contributed by atoms with E-state index in [1.165, 1.54) is 25.9 Å². The van der Waals surface area contributed by atoms with Crippen LogP contribution in [0.2, 0.25) is 0 Å². The van der Waals surface area contributed by atoms with Crippen molar-refractivity contribution in [2.45, 2.75) is 90.9 Å². The molecule has 2 rings (SSSR count). The van der Waals surface area contributed by atoms with E-state index in [4.69, 9.17) is 0 Å². The summed E-state index contributed by atoms with van der Waals surface area (Å²) in [5, 5.41) is 0. The first-order valence-corrected chi connectivity index (χ1v) is 9.22. The molecule has 0 aliphatic carbocycles. The molecule has 4 heteroatoms. The number of hydrogen-bond acceptors (Lipinski definition) is 4. The monoisotopic (exact) mass is 310 g/mol. The Morgan fingerprint density at radius 1 is 0.545 bits per heavy atom. The van der Waals surface area contributed by atoms with Crippen LogP contribution in [0.3, 0.4) is 0 Å². The van der Waals surface area contributed by atoms with Crippen LogP contribution in [0.25, 0.3) is 0 Å². The Balaban J connectivity index is 1.76. The molecular weight excluding hydrogens is 272 g/mol. The van der Waals surface area contributed by atoms with Crippen LogP contribution in [-0.2, 0) is 0 Å². The second-order valence-corrected chi connectivity index (χ2v) is 7.74. The van der Waals surface area contributed by atoms with E-state index in [0.717, 1.165) is 0 Å². The number of unbranched alkanes of at least 4 members (excludes halogenated alkanes) is 1. The lowest BCUT2D eigenvalue weighted by molar-refractivity contribution is 0.136. The molecule has 130 valence electrons. The molecule has 6 unspecified atom stereocenters. The second kappa shape index (κ2) is 7.16. The van der Waals surface area contributed by atoms with E-state index in [-0.39, 0.29) is 0 Å². The second-order valence-electron chi connectivity index (χ2n) is 7.74. The van der Waals surface area contributed by atoms with Crippen LogP contribution in [0.5, 0.6) is 0 Å². The summed E-state index contributed by atoms with van der Waals surface area (Å²) in [4.78, 5) is 10.4. The van der Waals surface area contributed by atoms with E-state index in [0.29, 0.717) is 36.5 Å². The third kappa shape index (κ3) is 3.21. The van der Waals surface area contributed by atoms with Crippen LogP contribution in [-0.4, -0.2) is 83.3 Å². The Morgan fingerprint density at radius 2 is 0.864 bits per heavy atom. The average molecular weight is 311 g/mol. The Hall–Kier alpha value is -0.160. The smallest absolute Gasteiger partial charge is 0.0596 e. The zero-order chi connectivity index (χ0) is 16.6. The first-order chi connectivity index (χ1) is 10.3. The SMILES string of the molecule is CC1C(C)N(CCCCN2C(C)C(C)N(C)C2C)C(C)N1C. The molecule has 2 aliphatic heterocycles. The van der Waals surface area contributed by atoms with E-state index in [1.807, 2.05) is 0 Å². The maximum atomic E-state index is 2.68. The lowest BCUT2D eigenvalue weighted by Crippen LogP contribution is -2.39. The van der Waals surface area contributed by atoms with E-state index >= 15 is 0 Å². The minimum absolute atomic E-state index is 0.584. The molecule has 2 saturated heterocycles. The van der Waals surface area contributed by atoms with Crippen molar-refractivity contribution in [3.05, 3.63) is 0 Å². The third-order valence-corrected chi connectivity index (χ3v) is 6.95. The standard InChI is InChI=1S/C18H38N4/c1-13-15(3)21(17(5)19(13)7)11-9-10-12-22-16(4)14(2)20(8)18(22)6/h13-18H,9-12H2,1-8H3. The predicted molar refractivity (Wildman–Crippen MR) is 94.9 cm³/mol. The molecule has 2 fully saturated rings. The van der Waals surface area contributed by atoms with Crippen molar-refractivity contribution in [3.63, 3.8) is 0 Å². The van der Waals surface area contributed by atoms with Gasteiger partial charge >= 0.3 is 0 Å². The van der Waals surface area contributed by atoms with E-state index in [1.54, 1.807) is 0 Å². The van der Waals surface area contributed by atoms with Gasteiger partial charge in [0, 0.05) is 37.3 Å². The molecule has 0 bridgehead atoms. The van der Waals surface area contributed by atoms with Crippen molar-refractivity contribution in [2.75, 3.05) is 27.2 Å². The van der Waals surface area contributed by atoms with Gasteiger partial charge in [0.1, 0.15) is 0 Å². The highest BCUT2D eigenvalue weighted by Crippen LogP contribution is 2.27. The first-order valence-electron chi connectivity index (χ1n) is 9.22. The van der Waals surface area contributed by atoms with E-state index in [2.05, 4.69) is 75.2 Å². The number of nitrogens with zero attached hydrogens (tertiary/aromatic N) is 4. The molecule has 6 atom stereocenters. The van der Waals surface area contributed by atoms with Crippen molar-refractivity contribution >= 4 is 0 Å². The molecule has 0 radical (unpaired) electrons. The molecule has 0 aromatic heterocycles. The van der Waals surface area contributed by atoms with E-state index in [9.17, 15) is 0 Å². The summed E-state index contributed by atoms with van der Waals surface area (Å²) in [5.41, 5.74) is 0. The normalized spacial score (nSPS) is 42.5. The molecule has 0 saturated carbocycles. The van der Waals surface area contributed by atoms with Gasteiger partial charge in [-0.15, -0.1) is 0 Å². The van der Waals surface area contributed by atoms with Gasteiger partial charge in [0.25, 0.3) is 0 Å². The lowest BCUT2D eigenvalue weighted by Gasteiger charge is -2.29. The molecule has 2 aliphatic rings. The summed E-state index contributed by atoms with van der Waals surface area (Å²) >= 11 is 0. The minimum Gasteiger partial charge on any atom is -0.287 e. The Labute approximate surface area is 138 Å². The first kappa shape index (κ1) is 18.2. The maximum absolute atomic E-state index is 2.68. The van der Waals surface area contributed by atoms with Crippen LogP contribution in [0.4, 0.5) is 0 Å². The number of hydrogen-bond donors (Lipinski definition) is 0. The van der Waals surface area contributed by atoms with Gasteiger partial charge in [-0.3, -0.25) is 19.6 Å². The average Bonchev–Trinajstić information content (AvgIpc) is 2.79. The van der Waals surface area contributed by atoms with Gasteiger partial charge in [0.2, 0.25) is 0 Å². The summed E-state index contributed by atoms with van der Waals surface area (Å²) in [5.74, 6) is 0. The molecule has 0 amide bonds. The van der Waals surface area contributed by atoms with Crippen molar-refractivity contribution in [1.82, 2.24) is 19.6 Å². The summed E-state index contributed by atoms with van der Waals surface area (Å²) in [6.45, 7) is 16.6. The lowest BCUT2D eigenvalue weighted by atomic mass is 10.1. The molecular formula is C18H38N4. The molecule has 2 heterocycles. The maximum Gasteiger partial charge on any atom is 0.0596 e. The van der Waals surface area contributed by atoms with Gasteiger partial charge in [0.05, 0.1) is 12.3 Å². The fourth-order valence-electron chi connectivity index (χ4n) is 4.43. The topological polar surface area (TPSA) is 13.0 Å². The minimum atomic E-state index is 0.584. The summed E-state index contributed by atoms with van der Waals surface area (Å²) in [6.07, 6.45) is 3.79. The largest absolute Gasteiger partial charge is 0.287 e. The van der Waals surface area contributed by atoms with Crippen molar-refractivity contribution in [2.24, 2.45) is 0 Å². The molecule has 0 spiro atoms. The van der Waals surface area contributed by atoms with Crippen molar-refractivity contribution in [3.8, 4) is 0 Å². The molecule has 0 N–H and O–H groups in total. The molecule has 0 aromatic rings. The number of rotatable bonds is 5. The fraction of sp³-hybridized carbons (Fsp3) is 1.00. The molecule has 4 nitrogen and oxygen atoms in total. The van der Waals surface area contributed by atoms with Crippen molar-refractivity contribution < 1.29 is 0 Å². The van der Waals surface area contributed by atoms with Crippen LogP contribution in [0.15, 0.2) is 0 Å². The Kier molecular flexibility index (Phi) is 5.92. The third-order valence-electron chi connectivity index (χ3n) is 6.95. The highest BCUT2D eigenvalue weighted by atomic mass is 15.4. The summed E-state index contributed by atoms with van der Waals surface area (Å²) < 4.78 is 0. The summed E-state index contributed by atoms with van der Waals surface area (Å²) in [6, 6.07) is 2.69. The summed E-state index contributed by atoms with van der Waals surface area (Å²) in [7, 11) is 4.52. The van der Waals surface area contributed by atoms with E-state index < -0.39 is 0 Å². The Morgan fingerprint density at radius 3 is 1.09 bits per heavy atom. The van der Waals surface area contributed by atoms with Gasteiger partial charge in [-0.05, 0) is 68.5 Å². The number of likely N-dealkylation sites (N-methyl/N-ethyl adjacent to an activating group) is 2. The quantitative estimate of drug-likeness (QED) is 0.723. The van der Waals surface area contributed by atoms with Gasteiger partial charge in [0.15, 0.2) is 0 Å². The van der Waals surface area contributed by atoms with Crippen LogP contribution in [0.1, 0.15) is 54.4 Å². The zero-order valence-corrected chi connectivity index (χ0v) is 16.1. The van der Waals surface area contributed by atoms with Crippen LogP contribution in [0, 0.1) is 0 Å². The predicted octanol–water partition coefficient (Wildman–Crippen LogP) is 2.51. The fourth-order valence-corrected chi connectivity index (χ4v) is 4.43. The van der Waals surface area contributed by atoms with Gasteiger partial charge in [-0.2, -0.15) is 0 Å². The zero-order valence-electron chi connectivity index (χ0n) is 16.1. The van der Waals surface area contributed by atoms with Gasteiger partial charge in [-0.1, -0.05) is 0 Å². The highest BCUT2D eigenvalue weighted by molar-refractivity contribution is 4.92. The Bertz CT molecular complexity index is 299. The highest BCUT2D eigenvalue weighted by Gasteiger charge is 2.38. The van der Waals surface area contributed by atoms with Gasteiger partial charge in [-0.25, -0.2) is 0 Å². The van der Waals surface area contributed by atoms with Crippen LogP contribution >= 0.6 is 0 Å².